The molecule has 0 spiro atoms. The molecule has 0 unspecified atom stereocenters. The zero-order valence-corrected chi connectivity index (χ0v) is 20.1. The Labute approximate surface area is 209 Å². The number of fused-ring (bicyclic) bond motifs is 1. The standard InChI is InChI=1S/C27H28N6O3/c1-2-36-27(35)32-17-15-31(16-18-32)25-26(30-22-11-4-3-10-21(22)29-25)33(19-20-9-7-8-14-28-20)23-12-5-6-13-24(23)34/h3-14,34H,2,15-19H2,1H3. The molecule has 0 aliphatic carbocycles. The number of phenolic OH excluding ortho intramolecular Hbond substituents is 1. The van der Waals surface area contributed by atoms with Gasteiger partial charge in [-0.2, -0.15) is 0 Å². The van der Waals surface area contributed by atoms with Crippen molar-refractivity contribution in [3.8, 4) is 5.75 Å². The number of nitrogens with zero attached hydrogens (tertiary/aromatic N) is 6. The Kier molecular flexibility index (Phi) is 6.79. The molecule has 0 radical (unpaired) electrons. The highest BCUT2D eigenvalue weighted by atomic mass is 16.6. The van der Waals surface area contributed by atoms with E-state index in [0.717, 1.165) is 16.7 Å². The largest absolute Gasteiger partial charge is 0.506 e. The summed E-state index contributed by atoms with van der Waals surface area (Å²) in [5, 5.41) is 10.8. The van der Waals surface area contributed by atoms with Gasteiger partial charge in [-0.1, -0.05) is 30.3 Å². The van der Waals surface area contributed by atoms with E-state index in [-0.39, 0.29) is 11.8 Å². The number of carbonyl (C=O) groups is 1. The molecule has 36 heavy (non-hydrogen) atoms. The van der Waals surface area contributed by atoms with Gasteiger partial charge in [-0.15, -0.1) is 0 Å². The van der Waals surface area contributed by atoms with Crippen LogP contribution < -0.4 is 9.80 Å². The van der Waals surface area contributed by atoms with Gasteiger partial charge in [0.2, 0.25) is 0 Å². The van der Waals surface area contributed by atoms with Crippen molar-refractivity contribution < 1.29 is 14.6 Å². The van der Waals surface area contributed by atoms with Crippen LogP contribution in [0.25, 0.3) is 11.0 Å². The van der Waals surface area contributed by atoms with E-state index in [1.807, 2.05) is 59.5 Å². The highest BCUT2D eigenvalue weighted by Gasteiger charge is 2.28. The molecule has 184 valence electrons. The zero-order chi connectivity index (χ0) is 24.9. The molecule has 4 aromatic rings. The molecule has 0 atom stereocenters. The minimum Gasteiger partial charge on any atom is -0.506 e. The molecule has 3 heterocycles. The van der Waals surface area contributed by atoms with Crippen molar-refractivity contribution in [2.45, 2.75) is 13.5 Å². The second-order valence-electron chi connectivity index (χ2n) is 8.43. The number of anilines is 3. The first-order chi connectivity index (χ1) is 17.6. The Hall–Kier alpha value is -4.40. The van der Waals surface area contributed by atoms with Gasteiger partial charge in [-0.3, -0.25) is 4.98 Å². The summed E-state index contributed by atoms with van der Waals surface area (Å²) in [4.78, 5) is 32.6. The third kappa shape index (κ3) is 4.86. The second kappa shape index (κ2) is 10.5. The summed E-state index contributed by atoms with van der Waals surface area (Å²) in [6.07, 6.45) is 1.45. The monoisotopic (exact) mass is 484 g/mol. The van der Waals surface area contributed by atoms with Gasteiger partial charge in [0.1, 0.15) is 5.75 Å². The molecule has 1 amide bonds. The van der Waals surface area contributed by atoms with Crippen LogP contribution in [-0.2, 0) is 11.3 Å². The van der Waals surface area contributed by atoms with Crippen molar-refractivity contribution >= 4 is 34.4 Å². The number of piperazine rings is 1. The normalized spacial score (nSPS) is 13.6. The van der Waals surface area contributed by atoms with Crippen LogP contribution in [0.5, 0.6) is 5.75 Å². The van der Waals surface area contributed by atoms with Crippen molar-refractivity contribution in [1.29, 1.82) is 0 Å². The molecule has 1 fully saturated rings. The Morgan fingerprint density at radius 1 is 0.944 bits per heavy atom. The lowest BCUT2D eigenvalue weighted by molar-refractivity contribution is 0.105. The average Bonchev–Trinajstić information content (AvgIpc) is 2.92. The third-order valence-electron chi connectivity index (χ3n) is 6.11. The molecule has 0 saturated carbocycles. The summed E-state index contributed by atoms with van der Waals surface area (Å²) in [6.45, 7) is 4.74. The Bertz CT molecular complexity index is 1340. The molecule has 9 nitrogen and oxygen atoms in total. The number of amides is 1. The lowest BCUT2D eigenvalue weighted by Gasteiger charge is -2.36. The topological polar surface area (TPSA) is 94.9 Å². The lowest BCUT2D eigenvalue weighted by Crippen LogP contribution is -2.49. The van der Waals surface area contributed by atoms with Crippen molar-refractivity contribution in [2.75, 3.05) is 42.6 Å². The van der Waals surface area contributed by atoms with Crippen molar-refractivity contribution in [3.05, 3.63) is 78.6 Å². The number of carbonyl (C=O) groups excluding carboxylic acids is 1. The third-order valence-corrected chi connectivity index (χ3v) is 6.11. The predicted octanol–water partition coefficient (Wildman–Crippen LogP) is 4.35. The number of phenols is 1. The number of pyridine rings is 1. The van der Waals surface area contributed by atoms with Crippen LogP contribution in [0.4, 0.5) is 22.1 Å². The van der Waals surface area contributed by atoms with Gasteiger partial charge >= 0.3 is 6.09 Å². The van der Waals surface area contributed by atoms with E-state index >= 15 is 0 Å². The van der Waals surface area contributed by atoms with E-state index < -0.39 is 0 Å². The van der Waals surface area contributed by atoms with E-state index in [9.17, 15) is 9.90 Å². The summed E-state index contributed by atoms with van der Waals surface area (Å²) < 4.78 is 5.18. The molecule has 1 aliphatic heterocycles. The fourth-order valence-corrected chi connectivity index (χ4v) is 4.31. The van der Waals surface area contributed by atoms with Crippen molar-refractivity contribution in [3.63, 3.8) is 0 Å². The molecule has 9 heteroatoms. The van der Waals surface area contributed by atoms with Crippen LogP contribution in [0, 0.1) is 0 Å². The zero-order valence-electron chi connectivity index (χ0n) is 20.1. The number of hydrogen-bond acceptors (Lipinski definition) is 8. The molecule has 5 rings (SSSR count). The highest BCUT2D eigenvalue weighted by Crippen LogP contribution is 2.38. The van der Waals surface area contributed by atoms with Gasteiger partial charge in [0.15, 0.2) is 11.6 Å². The number of aromatic hydroxyl groups is 1. The molecular formula is C27H28N6O3. The first-order valence-electron chi connectivity index (χ1n) is 12.0. The number of para-hydroxylation sites is 4. The number of hydrogen-bond donors (Lipinski definition) is 1. The van der Waals surface area contributed by atoms with Crippen molar-refractivity contribution in [2.24, 2.45) is 0 Å². The van der Waals surface area contributed by atoms with E-state index in [4.69, 9.17) is 14.7 Å². The maximum Gasteiger partial charge on any atom is 0.409 e. The van der Waals surface area contributed by atoms with E-state index in [1.54, 1.807) is 30.2 Å². The first kappa shape index (κ1) is 23.3. The Morgan fingerprint density at radius 2 is 1.64 bits per heavy atom. The second-order valence-corrected chi connectivity index (χ2v) is 8.43. The molecule has 0 bridgehead atoms. The minimum atomic E-state index is -0.298. The minimum absolute atomic E-state index is 0.140. The number of benzene rings is 2. The number of rotatable bonds is 6. The number of ether oxygens (including phenoxy) is 1. The summed E-state index contributed by atoms with van der Waals surface area (Å²) in [5.41, 5.74) is 2.97. The lowest BCUT2D eigenvalue weighted by atomic mass is 10.2. The highest BCUT2D eigenvalue weighted by molar-refractivity contribution is 5.84. The van der Waals surface area contributed by atoms with Crippen LogP contribution in [-0.4, -0.2) is 63.8 Å². The Balaban J connectivity index is 1.58. The quantitative estimate of drug-likeness (QED) is 0.432. The van der Waals surface area contributed by atoms with Crippen LogP contribution in [0.3, 0.4) is 0 Å². The SMILES string of the molecule is CCOC(=O)N1CCN(c2nc3ccccc3nc2N(Cc2ccccn2)c2ccccc2O)CC1. The molecule has 1 saturated heterocycles. The average molecular weight is 485 g/mol. The summed E-state index contributed by atoms with van der Waals surface area (Å²) in [6, 6.07) is 20.7. The Morgan fingerprint density at radius 3 is 2.33 bits per heavy atom. The van der Waals surface area contributed by atoms with Gasteiger partial charge in [-0.25, -0.2) is 14.8 Å². The molecule has 1 aliphatic rings. The van der Waals surface area contributed by atoms with Gasteiger partial charge in [0, 0.05) is 32.4 Å². The molecular weight excluding hydrogens is 456 g/mol. The van der Waals surface area contributed by atoms with Crippen LogP contribution in [0.1, 0.15) is 12.6 Å². The maximum atomic E-state index is 12.2. The summed E-state index contributed by atoms with van der Waals surface area (Å²) in [5.74, 6) is 1.45. The molecule has 2 aromatic heterocycles. The predicted molar refractivity (Wildman–Crippen MR) is 139 cm³/mol. The summed E-state index contributed by atoms with van der Waals surface area (Å²) in [7, 11) is 0. The van der Waals surface area contributed by atoms with Gasteiger partial charge < -0.3 is 24.5 Å². The van der Waals surface area contributed by atoms with E-state index in [1.165, 1.54) is 0 Å². The van der Waals surface area contributed by atoms with E-state index in [2.05, 4.69) is 9.88 Å². The number of aromatic nitrogens is 3. The smallest absolute Gasteiger partial charge is 0.409 e. The molecule has 2 aromatic carbocycles. The van der Waals surface area contributed by atoms with Crippen LogP contribution in [0.2, 0.25) is 0 Å². The van der Waals surface area contributed by atoms with Gasteiger partial charge in [-0.05, 0) is 43.3 Å². The van der Waals surface area contributed by atoms with Crippen LogP contribution in [0.15, 0.2) is 72.9 Å². The maximum absolute atomic E-state index is 12.2. The summed E-state index contributed by atoms with van der Waals surface area (Å²) >= 11 is 0. The fourth-order valence-electron chi connectivity index (χ4n) is 4.31. The fraction of sp³-hybridized carbons (Fsp3) is 0.259. The first-order valence-corrected chi connectivity index (χ1v) is 12.0. The van der Waals surface area contributed by atoms with Crippen molar-refractivity contribution in [1.82, 2.24) is 19.9 Å². The van der Waals surface area contributed by atoms with Gasteiger partial charge in [0.25, 0.3) is 0 Å². The van der Waals surface area contributed by atoms with E-state index in [0.29, 0.717) is 56.7 Å². The van der Waals surface area contributed by atoms with Crippen LogP contribution >= 0.6 is 0 Å². The van der Waals surface area contributed by atoms with Gasteiger partial charge in [0.05, 0.1) is 35.6 Å². The molecule has 1 N–H and O–H groups in total.